The fraction of sp³-hybridized carbons (Fsp3) is 0.393. The molecule has 9 nitrogen and oxygen atoms in total. The molecule has 41 heavy (non-hydrogen) atoms. The van der Waals surface area contributed by atoms with Crippen molar-refractivity contribution >= 4 is 50.8 Å². The van der Waals surface area contributed by atoms with E-state index in [1.54, 1.807) is 18.2 Å². The van der Waals surface area contributed by atoms with Gasteiger partial charge in [-0.25, -0.2) is 22.3 Å². The molecule has 1 saturated carbocycles. The van der Waals surface area contributed by atoms with E-state index in [1.165, 1.54) is 12.1 Å². The fourth-order valence-corrected chi connectivity index (χ4v) is 6.19. The Morgan fingerprint density at radius 1 is 1.17 bits per heavy atom. The molecule has 1 aliphatic heterocycles. The predicted molar refractivity (Wildman–Crippen MR) is 153 cm³/mol. The highest BCUT2D eigenvalue weighted by molar-refractivity contribution is 7.89. The smallest absolute Gasteiger partial charge is 0.344 e. The zero-order chi connectivity index (χ0) is 29.5. The van der Waals surface area contributed by atoms with Crippen molar-refractivity contribution in [2.75, 3.05) is 17.7 Å². The fourth-order valence-electron chi connectivity index (χ4n) is 5.16. The summed E-state index contributed by atoms with van der Waals surface area (Å²) >= 11 is 12.8. The molecule has 2 aliphatic rings. The maximum atomic E-state index is 15.1. The van der Waals surface area contributed by atoms with Crippen molar-refractivity contribution in [1.82, 2.24) is 9.88 Å². The second kappa shape index (κ2) is 11.6. The van der Waals surface area contributed by atoms with Crippen LogP contribution in [0.5, 0.6) is 0 Å². The van der Waals surface area contributed by atoms with Gasteiger partial charge in [0.15, 0.2) is 5.76 Å². The molecular weight excluding hydrogens is 596 g/mol. The average Bonchev–Trinajstić information content (AvgIpc) is 3.66. The first-order valence-corrected chi connectivity index (χ1v) is 15.8. The average molecular weight is 625 g/mol. The number of esters is 1. The van der Waals surface area contributed by atoms with Crippen LogP contribution in [-0.2, 0) is 14.8 Å². The number of benzene rings is 2. The van der Waals surface area contributed by atoms with Crippen molar-refractivity contribution in [2.45, 2.75) is 57.1 Å². The summed E-state index contributed by atoms with van der Waals surface area (Å²) in [6.45, 7) is 2.35. The summed E-state index contributed by atoms with van der Waals surface area (Å²) in [5.74, 6) is -1.59. The predicted octanol–water partition coefficient (Wildman–Crippen LogP) is 5.96. The number of carbonyl (C=O) groups is 2. The lowest BCUT2D eigenvalue weighted by molar-refractivity contribution is 0.0206. The number of piperidine rings is 1. The van der Waals surface area contributed by atoms with Crippen LogP contribution in [-0.4, -0.2) is 50.4 Å². The largest absolute Gasteiger partial charge is 0.458 e. The minimum Gasteiger partial charge on any atom is -0.458 e. The standard InChI is InChI=1S/C28H28Cl2FN3O6S/c1-3-17-14-18(11-12-34(17)22-10-9-16(13-21(22)31)27(35)33-41(2,37)38)39-28(36)24-25(32-40-26(24)15-7-8-15)23-19(29)5-4-6-20(23)30/h4-6,9-10,13,15,17-18H,3,7-8,11-12,14H2,1-2H3,(H,33,35)/t17-,18-/m1/s1. The number of rotatable bonds is 8. The van der Waals surface area contributed by atoms with E-state index in [2.05, 4.69) is 5.16 Å². The van der Waals surface area contributed by atoms with Crippen molar-refractivity contribution in [1.29, 1.82) is 0 Å². The van der Waals surface area contributed by atoms with Crippen molar-refractivity contribution in [2.24, 2.45) is 0 Å². The minimum atomic E-state index is -3.78. The normalized spacial score (nSPS) is 19.2. The Balaban J connectivity index is 1.33. The summed E-state index contributed by atoms with van der Waals surface area (Å²) in [7, 11) is -3.78. The van der Waals surface area contributed by atoms with Crippen molar-refractivity contribution in [3.63, 3.8) is 0 Å². The Morgan fingerprint density at radius 2 is 1.88 bits per heavy atom. The van der Waals surface area contributed by atoms with Crippen LogP contribution in [0, 0.1) is 5.82 Å². The van der Waals surface area contributed by atoms with Gasteiger partial charge in [0, 0.05) is 42.5 Å². The number of hydrogen-bond donors (Lipinski definition) is 1. The molecule has 218 valence electrons. The first-order valence-electron chi connectivity index (χ1n) is 13.2. The monoisotopic (exact) mass is 623 g/mol. The second-order valence-electron chi connectivity index (χ2n) is 10.3. The van der Waals surface area contributed by atoms with E-state index < -0.39 is 33.8 Å². The Labute approximate surface area is 247 Å². The third kappa shape index (κ3) is 6.37. The highest BCUT2D eigenvalue weighted by atomic mass is 35.5. The van der Waals surface area contributed by atoms with Gasteiger partial charge in [0.05, 0.1) is 22.0 Å². The molecule has 0 bridgehead atoms. The van der Waals surface area contributed by atoms with E-state index in [0.717, 1.165) is 25.2 Å². The Hall–Kier alpha value is -3.15. The summed E-state index contributed by atoms with van der Waals surface area (Å²) in [6.07, 6.45) is 3.69. The summed E-state index contributed by atoms with van der Waals surface area (Å²) < 4.78 is 51.3. The molecule has 0 spiro atoms. The van der Waals surface area contributed by atoms with Gasteiger partial charge in [0.2, 0.25) is 10.0 Å². The van der Waals surface area contributed by atoms with Crippen LogP contribution in [0.15, 0.2) is 40.9 Å². The van der Waals surface area contributed by atoms with Crippen LogP contribution >= 0.6 is 23.2 Å². The number of hydrogen-bond acceptors (Lipinski definition) is 8. The van der Waals surface area contributed by atoms with E-state index in [9.17, 15) is 18.0 Å². The summed E-state index contributed by atoms with van der Waals surface area (Å²) in [6, 6.07) is 8.72. The maximum absolute atomic E-state index is 15.1. The quantitative estimate of drug-likeness (QED) is 0.305. The Morgan fingerprint density at radius 3 is 2.49 bits per heavy atom. The summed E-state index contributed by atoms with van der Waals surface area (Å²) in [4.78, 5) is 27.6. The van der Waals surface area contributed by atoms with Gasteiger partial charge in [0.25, 0.3) is 5.91 Å². The molecule has 0 radical (unpaired) electrons. The van der Waals surface area contributed by atoms with Crippen molar-refractivity contribution in [3.8, 4) is 11.3 Å². The molecule has 2 heterocycles. The van der Waals surface area contributed by atoms with E-state index in [4.69, 9.17) is 32.5 Å². The zero-order valence-corrected chi connectivity index (χ0v) is 24.7. The third-order valence-electron chi connectivity index (χ3n) is 7.28. The molecular formula is C28H28Cl2FN3O6S. The SMILES string of the molecule is CC[C@@H]1C[C@H](OC(=O)c2c(-c3c(Cl)cccc3Cl)noc2C2CC2)CCN1c1ccc(C(=O)NS(C)(=O)=O)cc1F. The number of halogens is 3. The van der Waals surface area contributed by atoms with E-state index in [1.807, 2.05) is 16.5 Å². The van der Waals surface area contributed by atoms with Gasteiger partial charge in [-0.2, -0.15) is 0 Å². The van der Waals surface area contributed by atoms with Crippen LogP contribution in [0.3, 0.4) is 0 Å². The number of sulfonamides is 1. The van der Waals surface area contributed by atoms with Gasteiger partial charge in [-0.3, -0.25) is 4.79 Å². The van der Waals surface area contributed by atoms with Crippen LogP contribution in [0.4, 0.5) is 10.1 Å². The number of carbonyl (C=O) groups excluding carboxylic acids is 2. The highest BCUT2D eigenvalue weighted by Crippen LogP contribution is 2.46. The lowest BCUT2D eigenvalue weighted by atomic mass is 9.96. The molecule has 5 rings (SSSR count). The van der Waals surface area contributed by atoms with Gasteiger partial charge < -0.3 is 14.2 Å². The molecule has 1 aliphatic carbocycles. The number of anilines is 1. The third-order valence-corrected chi connectivity index (χ3v) is 8.47. The van der Waals surface area contributed by atoms with Crippen LogP contribution < -0.4 is 9.62 Å². The van der Waals surface area contributed by atoms with Gasteiger partial charge in [-0.15, -0.1) is 0 Å². The van der Waals surface area contributed by atoms with Crippen molar-refractivity contribution in [3.05, 3.63) is 69.1 Å². The number of amides is 1. The van der Waals surface area contributed by atoms with Gasteiger partial charge >= 0.3 is 5.97 Å². The zero-order valence-electron chi connectivity index (χ0n) is 22.3. The molecule has 3 aromatic rings. The minimum absolute atomic E-state index is 0.0794. The molecule has 2 atom stereocenters. The summed E-state index contributed by atoms with van der Waals surface area (Å²) in [5.41, 5.74) is 1.06. The molecule has 1 saturated heterocycles. The number of nitrogens with one attached hydrogen (secondary N) is 1. The van der Waals surface area contributed by atoms with Gasteiger partial charge in [-0.05, 0) is 49.6 Å². The highest BCUT2D eigenvalue weighted by Gasteiger charge is 2.39. The molecule has 1 aromatic heterocycles. The van der Waals surface area contributed by atoms with E-state index in [-0.39, 0.29) is 34.5 Å². The summed E-state index contributed by atoms with van der Waals surface area (Å²) in [5, 5.41) is 4.83. The maximum Gasteiger partial charge on any atom is 0.344 e. The number of nitrogens with zero attached hydrogens (tertiary/aromatic N) is 2. The first-order chi connectivity index (χ1) is 19.5. The topological polar surface area (TPSA) is 119 Å². The van der Waals surface area contributed by atoms with Crippen LogP contribution in [0.25, 0.3) is 11.3 Å². The molecule has 1 N–H and O–H groups in total. The molecule has 2 aromatic carbocycles. The van der Waals surface area contributed by atoms with Gasteiger partial charge in [0.1, 0.15) is 23.2 Å². The van der Waals surface area contributed by atoms with Gasteiger partial charge in [-0.1, -0.05) is 41.3 Å². The van der Waals surface area contributed by atoms with Crippen LogP contribution in [0.2, 0.25) is 10.0 Å². The number of aromatic nitrogens is 1. The van der Waals surface area contributed by atoms with E-state index >= 15 is 4.39 Å². The number of ether oxygens (including phenoxy) is 1. The molecule has 0 unspecified atom stereocenters. The first kappa shape index (κ1) is 29.3. The molecule has 13 heteroatoms. The van der Waals surface area contributed by atoms with Crippen LogP contribution in [0.1, 0.15) is 71.4 Å². The Bertz CT molecular complexity index is 1590. The van der Waals surface area contributed by atoms with E-state index in [0.29, 0.717) is 47.2 Å². The Kier molecular flexibility index (Phi) is 8.31. The molecule has 2 fully saturated rings. The van der Waals surface area contributed by atoms with Crippen molar-refractivity contribution < 1.29 is 31.7 Å². The second-order valence-corrected chi connectivity index (χ2v) is 12.9. The lowest BCUT2D eigenvalue weighted by Gasteiger charge is -2.40. The lowest BCUT2D eigenvalue weighted by Crippen LogP contribution is -2.45. The molecule has 1 amide bonds.